The monoisotopic (exact) mass is 443 g/mol. The van der Waals surface area contributed by atoms with E-state index in [-0.39, 0.29) is 29.5 Å². The molecule has 0 spiro atoms. The van der Waals surface area contributed by atoms with Crippen LogP contribution in [0.25, 0.3) is 0 Å². The Bertz CT molecular complexity index is 1120. The number of phenols is 1. The molecule has 0 saturated carbocycles. The van der Waals surface area contributed by atoms with Gasteiger partial charge in [0.25, 0.3) is 5.91 Å². The zero-order valence-electron chi connectivity index (χ0n) is 18.8. The number of hydrogen-bond donors (Lipinski definition) is 3. The number of rotatable bonds is 6. The summed E-state index contributed by atoms with van der Waals surface area (Å²) in [4.78, 5) is 28.0. The predicted molar refractivity (Wildman–Crippen MR) is 131 cm³/mol. The second-order valence-corrected chi connectivity index (χ2v) is 8.37. The van der Waals surface area contributed by atoms with Crippen molar-refractivity contribution in [1.29, 1.82) is 0 Å². The molecule has 3 aromatic carbocycles. The molecule has 0 radical (unpaired) electrons. The Kier molecular flexibility index (Phi) is 7.05. The lowest BCUT2D eigenvalue weighted by atomic mass is 10.00. The number of phenolic OH excluding ortho intramolecular Hbond substituents is 1. The van der Waals surface area contributed by atoms with E-state index in [9.17, 15) is 14.7 Å². The van der Waals surface area contributed by atoms with Crippen LogP contribution in [0.4, 0.5) is 11.4 Å². The number of carbonyl (C=O) groups excluding carboxylic acids is 2. The molecule has 0 aliphatic carbocycles. The molecule has 0 atom stereocenters. The molecule has 6 nitrogen and oxygen atoms in total. The number of aryl methyl sites for hydroxylation is 1. The van der Waals surface area contributed by atoms with E-state index in [0.717, 1.165) is 43.9 Å². The molecule has 0 unspecified atom stereocenters. The van der Waals surface area contributed by atoms with Gasteiger partial charge in [-0.15, -0.1) is 0 Å². The molecule has 1 aliphatic rings. The Morgan fingerprint density at radius 3 is 2.42 bits per heavy atom. The highest BCUT2D eigenvalue weighted by molar-refractivity contribution is 6.06. The van der Waals surface area contributed by atoms with E-state index in [4.69, 9.17) is 0 Å². The third-order valence-electron chi connectivity index (χ3n) is 5.93. The highest BCUT2D eigenvalue weighted by Crippen LogP contribution is 2.29. The maximum absolute atomic E-state index is 12.9. The van der Waals surface area contributed by atoms with Gasteiger partial charge >= 0.3 is 0 Å². The number of anilines is 2. The SMILES string of the molecule is Cc1ccc(C(=O)Cc2cccc(O)c2NC(=O)c2ccc(N3CCCNCC3)cc2)cc1. The largest absolute Gasteiger partial charge is 0.506 e. The lowest BCUT2D eigenvalue weighted by Gasteiger charge is -2.22. The second-order valence-electron chi connectivity index (χ2n) is 8.37. The summed E-state index contributed by atoms with van der Waals surface area (Å²) < 4.78 is 0. The van der Waals surface area contributed by atoms with Gasteiger partial charge in [-0.05, 0) is 55.8 Å². The molecule has 3 N–H and O–H groups in total. The average Bonchev–Trinajstić information content (AvgIpc) is 3.11. The minimum Gasteiger partial charge on any atom is -0.506 e. The van der Waals surface area contributed by atoms with E-state index in [1.165, 1.54) is 6.07 Å². The third-order valence-corrected chi connectivity index (χ3v) is 5.93. The summed E-state index contributed by atoms with van der Waals surface area (Å²) in [7, 11) is 0. The minimum absolute atomic E-state index is 0.0637. The van der Waals surface area contributed by atoms with Crippen LogP contribution in [0.1, 0.15) is 38.3 Å². The van der Waals surface area contributed by atoms with Crippen molar-refractivity contribution in [2.75, 3.05) is 36.4 Å². The van der Waals surface area contributed by atoms with Crippen LogP contribution in [-0.4, -0.2) is 43.0 Å². The van der Waals surface area contributed by atoms with Crippen molar-refractivity contribution in [1.82, 2.24) is 5.32 Å². The summed E-state index contributed by atoms with van der Waals surface area (Å²) in [6.45, 7) is 5.84. The third kappa shape index (κ3) is 5.59. The number of amides is 1. The lowest BCUT2D eigenvalue weighted by molar-refractivity contribution is 0.0989. The summed E-state index contributed by atoms with van der Waals surface area (Å²) in [5.74, 6) is -0.469. The number of hydrogen-bond acceptors (Lipinski definition) is 5. The van der Waals surface area contributed by atoms with Crippen molar-refractivity contribution in [2.45, 2.75) is 19.8 Å². The van der Waals surface area contributed by atoms with Crippen molar-refractivity contribution in [2.24, 2.45) is 0 Å². The number of benzene rings is 3. The Balaban J connectivity index is 1.48. The standard InChI is InChI=1S/C27H29N3O3/c1-19-6-8-20(9-7-19)25(32)18-22-4-2-5-24(31)26(22)29-27(33)21-10-12-23(13-11-21)30-16-3-14-28-15-17-30/h2,4-13,28,31H,3,14-18H2,1H3,(H,29,33). The van der Waals surface area contributed by atoms with Crippen molar-refractivity contribution in [3.63, 3.8) is 0 Å². The highest BCUT2D eigenvalue weighted by Gasteiger charge is 2.17. The fraction of sp³-hybridized carbons (Fsp3) is 0.259. The summed E-state index contributed by atoms with van der Waals surface area (Å²) in [5.41, 5.74) is 4.09. The molecule has 1 amide bonds. The molecule has 6 heteroatoms. The Hall–Kier alpha value is -3.64. The van der Waals surface area contributed by atoms with Crippen molar-refractivity contribution in [3.8, 4) is 5.75 Å². The number of ketones is 1. The Morgan fingerprint density at radius 1 is 0.939 bits per heavy atom. The van der Waals surface area contributed by atoms with Crippen molar-refractivity contribution >= 4 is 23.1 Å². The zero-order chi connectivity index (χ0) is 23.2. The minimum atomic E-state index is -0.329. The first-order valence-corrected chi connectivity index (χ1v) is 11.3. The van der Waals surface area contributed by atoms with Gasteiger partial charge in [-0.3, -0.25) is 9.59 Å². The summed E-state index contributed by atoms with van der Waals surface area (Å²) in [6.07, 6.45) is 1.16. The van der Waals surface area contributed by atoms with Gasteiger partial charge in [-0.2, -0.15) is 0 Å². The molecule has 1 fully saturated rings. The van der Waals surface area contributed by atoms with E-state index >= 15 is 0 Å². The molecule has 1 saturated heterocycles. The van der Waals surface area contributed by atoms with Gasteiger partial charge in [0, 0.05) is 42.9 Å². The van der Waals surface area contributed by atoms with Crippen LogP contribution in [0.5, 0.6) is 5.75 Å². The summed E-state index contributed by atoms with van der Waals surface area (Å²) in [5, 5.41) is 16.6. The molecule has 3 aromatic rings. The average molecular weight is 444 g/mol. The quantitative estimate of drug-likeness (QED) is 0.393. The molecule has 170 valence electrons. The van der Waals surface area contributed by atoms with Gasteiger partial charge < -0.3 is 20.6 Å². The van der Waals surface area contributed by atoms with Gasteiger partial charge in [0.1, 0.15) is 5.75 Å². The first kappa shape index (κ1) is 22.6. The van der Waals surface area contributed by atoms with Crippen LogP contribution < -0.4 is 15.5 Å². The number of nitrogens with zero attached hydrogens (tertiary/aromatic N) is 1. The molecule has 0 aromatic heterocycles. The van der Waals surface area contributed by atoms with Gasteiger partial charge in [0.15, 0.2) is 5.78 Å². The topological polar surface area (TPSA) is 81.7 Å². The van der Waals surface area contributed by atoms with E-state index < -0.39 is 0 Å². The summed E-state index contributed by atoms with van der Waals surface area (Å²) in [6, 6.07) is 19.8. The number of carbonyl (C=O) groups is 2. The van der Waals surface area contributed by atoms with Crippen LogP contribution in [-0.2, 0) is 6.42 Å². The van der Waals surface area contributed by atoms with E-state index in [1.807, 2.05) is 31.2 Å². The van der Waals surface area contributed by atoms with Crippen LogP contribution in [0.3, 0.4) is 0 Å². The van der Waals surface area contributed by atoms with Gasteiger partial charge in [0.05, 0.1) is 5.69 Å². The molecule has 33 heavy (non-hydrogen) atoms. The second kappa shape index (κ2) is 10.3. The maximum atomic E-state index is 12.9. The van der Waals surface area contributed by atoms with Gasteiger partial charge in [0.2, 0.25) is 0 Å². The maximum Gasteiger partial charge on any atom is 0.255 e. The van der Waals surface area contributed by atoms with E-state index in [0.29, 0.717) is 16.7 Å². The molecular formula is C27H29N3O3. The van der Waals surface area contributed by atoms with E-state index in [2.05, 4.69) is 15.5 Å². The first-order chi connectivity index (χ1) is 16.0. The molecule has 1 heterocycles. The molecule has 0 bridgehead atoms. The van der Waals surface area contributed by atoms with Crippen LogP contribution >= 0.6 is 0 Å². The normalized spacial score (nSPS) is 13.9. The molecule has 4 rings (SSSR count). The first-order valence-electron chi connectivity index (χ1n) is 11.3. The smallest absolute Gasteiger partial charge is 0.255 e. The van der Waals surface area contributed by atoms with Crippen LogP contribution in [0, 0.1) is 6.92 Å². The fourth-order valence-corrected chi connectivity index (χ4v) is 4.01. The van der Waals surface area contributed by atoms with Gasteiger partial charge in [-0.25, -0.2) is 0 Å². The molecular weight excluding hydrogens is 414 g/mol. The van der Waals surface area contributed by atoms with E-state index in [1.54, 1.807) is 36.4 Å². The number of aromatic hydroxyl groups is 1. The Morgan fingerprint density at radius 2 is 1.67 bits per heavy atom. The van der Waals surface area contributed by atoms with Crippen molar-refractivity contribution in [3.05, 3.63) is 89.0 Å². The van der Waals surface area contributed by atoms with Crippen LogP contribution in [0.15, 0.2) is 66.7 Å². The number of Topliss-reactive ketones (excluding diaryl/α,β-unsaturated/α-hetero) is 1. The highest BCUT2D eigenvalue weighted by atomic mass is 16.3. The van der Waals surface area contributed by atoms with Gasteiger partial charge in [-0.1, -0.05) is 42.0 Å². The predicted octanol–water partition coefficient (Wildman–Crippen LogP) is 4.18. The number of nitrogens with one attached hydrogen (secondary N) is 2. The fourth-order valence-electron chi connectivity index (χ4n) is 4.01. The number of para-hydroxylation sites is 1. The zero-order valence-corrected chi connectivity index (χ0v) is 18.8. The van der Waals surface area contributed by atoms with Crippen LogP contribution in [0.2, 0.25) is 0 Å². The summed E-state index contributed by atoms with van der Waals surface area (Å²) >= 11 is 0. The lowest BCUT2D eigenvalue weighted by Crippen LogP contribution is -2.27. The molecule has 1 aliphatic heterocycles. The Labute approximate surface area is 194 Å². The van der Waals surface area contributed by atoms with Crippen molar-refractivity contribution < 1.29 is 14.7 Å².